The number of hydrogen-bond acceptors (Lipinski definition) is 3. The zero-order valence-corrected chi connectivity index (χ0v) is 8.91. The van der Waals surface area contributed by atoms with Crippen molar-refractivity contribution in [1.29, 1.82) is 0 Å². The van der Waals surface area contributed by atoms with Crippen LogP contribution in [0.2, 0.25) is 0 Å². The van der Waals surface area contributed by atoms with Gasteiger partial charge in [0.2, 0.25) is 0 Å². The lowest BCUT2D eigenvalue weighted by atomic mass is 10.0. The highest BCUT2D eigenvalue weighted by molar-refractivity contribution is 5.97. The fraction of sp³-hybridized carbons (Fsp3) is 0.417. The van der Waals surface area contributed by atoms with E-state index < -0.39 is 0 Å². The lowest BCUT2D eigenvalue weighted by Gasteiger charge is -2.11. The maximum Gasteiger partial charge on any atom is 0.168 e. The van der Waals surface area contributed by atoms with Gasteiger partial charge in [-0.2, -0.15) is 0 Å². The van der Waals surface area contributed by atoms with Gasteiger partial charge in [-0.25, -0.2) is 0 Å². The molecule has 0 amide bonds. The number of benzene rings is 1. The van der Waals surface area contributed by atoms with Crippen LogP contribution in [0.4, 0.5) is 0 Å². The molecular formula is C12H14O3. The van der Waals surface area contributed by atoms with Gasteiger partial charge in [-0.1, -0.05) is 6.07 Å². The Morgan fingerprint density at radius 2 is 2.13 bits per heavy atom. The summed E-state index contributed by atoms with van der Waals surface area (Å²) in [4.78, 5) is 11.2. The Hall–Kier alpha value is -1.51. The van der Waals surface area contributed by atoms with E-state index in [-0.39, 0.29) is 11.5 Å². The summed E-state index contributed by atoms with van der Waals surface area (Å²) in [5.41, 5.74) is 1.34. The molecule has 1 aliphatic carbocycles. The Balaban J connectivity index is 2.52. The van der Waals surface area contributed by atoms with E-state index in [1.54, 1.807) is 6.07 Å². The van der Waals surface area contributed by atoms with Gasteiger partial charge in [0.05, 0.1) is 12.7 Å². The molecule has 1 aromatic rings. The monoisotopic (exact) mass is 206 g/mol. The van der Waals surface area contributed by atoms with Gasteiger partial charge in [-0.3, -0.25) is 4.79 Å². The molecule has 0 spiro atoms. The van der Waals surface area contributed by atoms with E-state index in [1.165, 1.54) is 14.0 Å². The number of methoxy groups -OCH3 is 1. The number of hydrogen-bond donors (Lipinski definition) is 1. The van der Waals surface area contributed by atoms with Gasteiger partial charge in [0.15, 0.2) is 17.3 Å². The standard InChI is InChI=1S/C12H14O3/c1-7(13)9-5-6-10(8-3-4-8)12(15-2)11(9)14/h5-6,8,14H,3-4H2,1-2H3. The number of Topliss-reactive ketones (excluding diaryl/α,β-unsaturated/α-hetero) is 1. The van der Waals surface area contributed by atoms with Crippen molar-refractivity contribution < 1.29 is 14.6 Å². The molecule has 1 fully saturated rings. The molecule has 0 heterocycles. The fourth-order valence-corrected chi connectivity index (χ4v) is 1.80. The Morgan fingerprint density at radius 1 is 1.47 bits per heavy atom. The summed E-state index contributed by atoms with van der Waals surface area (Å²) < 4.78 is 5.17. The topological polar surface area (TPSA) is 46.5 Å². The van der Waals surface area contributed by atoms with Gasteiger partial charge >= 0.3 is 0 Å². The van der Waals surface area contributed by atoms with E-state index in [9.17, 15) is 9.90 Å². The first-order valence-electron chi connectivity index (χ1n) is 5.06. The van der Waals surface area contributed by atoms with Crippen LogP contribution in [-0.4, -0.2) is 18.0 Å². The summed E-state index contributed by atoms with van der Waals surface area (Å²) in [6.45, 7) is 1.44. The van der Waals surface area contributed by atoms with Gasteiger partial charge in [0.25, 0.3) is 0 Å². The Kier molecular flexibility index (Phi) is 2.39. The van der Waals surface area contributed by atoms with Crippen LogP contribution in [0.5, 0.6) is 11.5 Å². The van der Waals surface area contributed by atoms with Crippen molar-refractivity contribution in [2.45, 2.75) is 25.7 Å². The molecule has 0 radical (unpaired) electrons. The first kappa shape index (κ1) is 10.0. The van der Waals surface area contributed by atoms with E-state index in [2.05, 4.69) is 0 Å². The minimum absolute atomic E-state index is 0.0191. The second-order valence-electron chi connectivity index (χ2n) is 3.91. The summed E-state index contributed by atoms with van der Waals surface area (Å²) in [5, 5.41) is 9.87. The lowest BCUT2D eigenvalue weighted by Crippen LogP contribution is -1.98. The number of phenols is 1. The maximum atomic E-state index is 11.2. The summed E-state index contributed by atoms with van der Waals surface area (Å²) >= 11 is 0. The number of carbonyl (C=O) groups is 1. The van der Waals surface area contributed by atoms with E-state index in [0.717, 1.165) is 18.4 Å². The highest BCUT2D eigenvalue weighted by Gasteiger charge is 2.29. The van der Waals surface area contributed by atoms with Crippen LogP contribution in [0, 0.1) is 0 Å². The summed E-state index contributed by atoms with van der Waals surface area (Å²) in [7, 11) is 1.52. The number of carbonyl (C=O) groups excluding carboxylic acids is 1. The van der Waals surface area contributed by atoms with Crippen molar-refractivity contribution in [3.05, 3.63) is 23.3 Å². The number of ether oxygens (including phenoxy) is 1. The minimum atomic E-state index is -0.145. The van der Waals surface area contributed by atoms with Gasteiger partial charge in [-0.05, 0) is 31.7 Å². The fourth-order valence-electron chi connectivity index (χ4n) is 1.80. The molecule has 2 rings (SSSR count). The van der Waals surface area contributed by atoms with E-state index >= 15 is 0 Å². The maximum absolute atomic E-state index is 11.2. The minimum Gasteiger partial charge on any atom is -0.504 e. The first-order chi connectivity index (χ1) is 7.15. The second-order valence-corrected chi connectivity index (χ2v) is 3.91. The molecule has 0 atom stereocenters. The summed E-state index contributed by atoms with van der Waals surface area (Å²) in [6, 6.07) is 3.56. The van der Waals surface area contributed by atoms with Gasteiger partial charge in [0.1, 0.15) is 0 Å². The predicted octanol–water partition coefficient (Wildman–Crippen LogP) is 2.48. The van der Waals surface area contributed by atoms with Crippen LogP contribution in [0.15, 0.2) is 12.1 Å². The SMILES string of the molecule is COc1c(C2CC2)ccc(C(C)=O)c1O. The second kappa shape index (κ2) is 3.57. The van der Waals surface area contributed by atoms with Gasteiger partial charge < -0.3 is 9.84 Å². The molecular weight excluding hydrogens is 192 g/mol. The highest BCUT2D eigenvalue weighted by Crippen LogP contribution is 2.47. The number of aromatic hydroxyl groups is 1. The molecule has 0 aromatic heterocycles. The largest absolute Gasteiger partial charge is 0.504 e. The zero-order valence-electron chi connectivity index (χ0n) is 8.91. The van der Waals surface area contributed by atoms with Crippen molar-refractivity contribution >= 4 is 5.78 Å². The predicted molar refractivity (Wildman–Crippen MR) is 56.6 cm³/mol. The highest BCUT2D eigenvalue weighted by atomic mass is 16.5. The van der Waals surface area contributed by atoms with Crippen LogP contribution >= 0.6 is 0 Å². The molecule has 1 saturated carbocycles. The third kappa shape index (κ3) is 1.69. The average molecular weight is 206 g/mol. The smallest absolute Gasteiger partial charge is 0.168 e. The van der Waals surface area contributed by atoms with Crippen molar-refractivity contribution in [3.8, 4) is 11.5 Å². The zero-order chi connectivity index (χ0) is 11.0. The Bertz CT molecular complexity index is 406. The molecule has 0 unspecified atom stereocenters. The van der Waals surface area contributed by atoms with Gasteiger partial charge in [0, 0.05) is 5.56 Å². The van der Waals surface area contributed by atoms with E-state index in [0.29, 0.717) is 17.2 Å². The normalized spacial score (nSPS) is 15.1. The third-order valence-corrected chi connectivity index (χ3v) is 2.76. The molecule has 0 saturated heterocycles. The van der Waals surface area contributed by atoms with Crippen LogP contribution in [-0.2, 0) is 0 Å². The molecule has 1 aliphatic rings. The van der Waals surface area contributed by atoms with Crippen LogP contribution in [0.25, 0.3) is 0 Å². The number of rotatable bonds is 3. The summed E-state index contributed by atoms with van der Waals surface area (Å²) in [6.07, 6.45) is 2.27. The van der Waals surface area contributed by atoms with Crippen LogP contribution in [0.3, 0.4) is 0 Å². The van der Waals surface area contributed by atoms with Crippen LogP contribution < -0.4 is 4.74 Å². The van der Waals surface area contributed by atoms with Crippen molar-refractivity contribution in [1.82, 2.24) is 0 Å². The quantitative estimate of drug-likeness (QED) is 0.773. The number of ketones is 1. The van der Waals surface area contributed by atoms with Gasteiger partial charge in [-0.15, -0.1) is 0 Å². The molecule has 0 aliphatic heterocycles. The van der Waals surface area contributed by atoms with Crippen LogP contribution in [0.1, 0.15) is 41.6 Å². The molecule has 80 valence electrons. The summed E-state index contributed by atoms with van der Waals surface area (Å²) in [5.74, 6) is 0.791. The first-order valence-corrected chi connectivity index (χ1v) is 5.06. The van der Waals surface area contributed by atoms with E-state index in [4.69, 9.17) is 4.74 Å². The molecule has 1 N–H and O–H groups in total. The van der Waals surface area contributed by atoms with Crippen molar-refractivity contribution in [2.24, 2.45) is 0 Å². The Labute approximate surface area is 88.7 Å². The molecule has 3 heteroatoms. The number of phenolic OH excluding ortho intramolecular Hbond substituents is 1. The van der Waals surface area contributed by atoms with Crippen molar-refractivity contribution in [3.63, 3.8) is 0 Å². The average Bonchev–Trinajstić information content (AvgIpc) is 2.99. The molecule has 1 aromatic carbocycles. The van der Waals surface area contributed by atoms with Crippen molar-refractivity contribution in [2.75, 3.05) is 7.11 Å². The Morgan fingerprint density at radius 3 is 2.60 bits per heavy atom. The third-order valence-electron chi connectivity index (χ3n) is 2.76. The molecule has 3 nitrogen and oxygen atoms in total. The lowest BCUT2D eigenvalue weighted by molar-refractivity contribution is 0.101. The van der Waals surface area contributed by atoms with E-state index in [1.807, 2.05) is 6.07 Å². The molecule has 15 heavy (non-hydrogen) atoms. The molecule has 0 bridgehead atoms.